The van der Waals surface area contributed by atoms with Gasteiger partial charge in [-0.2, -0.15) is 0 Å². The molecule has 1 aromatic carbocycles. The highest BCUT2D eigenvalue weighted by Crippen LogP contribution is 2.30. The molecule has 0 aliphatic carbocycles. The average molecular weight is 259 g/mol. The Balaban J connectivity index is 2.16. The topological polar surface area (TPSA) is 15.7 Å². The first-order valence-corrected chi connectivity index (χ1v) is 6.85. The quantitative estimate of drug-likeness (QED) is 0.827. The summed E-state index contributed by atoms with van der Waals surface area (Å²) in [4.78, 5) is 4.77. The van der Waals surface area contributed by atoms with Gasteiger partial charge >= 0.3 is 0 Å². The van der Waals surface area contributed by atoms with Gasteiger partial charge in [0.15, 0.2) is 0 Å². The van der Waals surface area contributed by atoms with Crippen LogP contribution in [0, 0.1) is 6.92 Å². The molecule has 0 spiro atoms. The fourth-order valence-electron chi connectivity index (χ4n) is 2.46. The molecular weight excluding hydrogens is 236 g/mol. The van der Waals surface area contributed by atoms with Gasteiger partial charge in [0.25, 0.3) is 0 Å². The zero-order valence-corrected chi connectivity index (χ0v) is 11.9. The highest BCUT2D eigenvalue weighted by molar-refractivity contribution is 5.64. The number of piperazine rings is 1. The number of ether oxygens (including phenoxy) is 1. The molecule has 0 unspecified atom stereocenters. The number of methoxy groups -OCH3 is 1. The molecule has 19 heavy (non-hydrogen) atoms. The SMILES string of the molecule is [CH2]CN1CCN(c2ccc(/C=C/C)cc2OC)CC1. The van der Waals surface area contributed by atoms with Crippen LogP contribution in [0.1, 0.15) is 12.5 Å². The van der Waals surface area contributed by atoms with Crippen molar-refractivity contribution in [2.75, 3.05) is 44.7 Å². The number of anilines is 1. The molecule has 1 aliphatic rings. The minimum Gasteiger partial charge on any atom is -0.495 e. The maximum absolute atomic E-state index is 5.54. The summed E-state index contributed by atoms with van der Waals surface area (Å²) in [5.74, 6) is 0.957. The van der Waals surface area contributed by atoms with Crippen molar-refractivity contribution in [2.24, 2.45) is 0 Å². The first kappa shape index (κ1) is 13.9. The summed E-state index contributed by atoms with van der Waals surface area (Å²) < 4.78 is 5.54. The molecule has 1 saturated heterocycles. The van der Waals surface area contributed by atoms with Crippen LogP contribution >= 0.6 is 0 Å². The summed E-state index contributed by atoms with van der Waals surface area (Å²) in [7, 11) is 1.74. The second-order valence-corrected chi connectivity index (χ2v) is 4.76. The molecule has 3 heteroatoms. The predicted molar refractivity (Wildman–Crippen MR) is 81.7 cm³/mol. The molecule has 0 aromatic heterocycles. The van der Waals surface area contributed by atoms with E-state index >= 15 is 0 Å². The predicted octanol–water partition coefficient (Wildman–Crippen LogP) is 2.68. The van der Waals surface area contributed by atoms with Crippen LogP contribution < -0.4 is 9.64 Å². The smallest absolute Gasteiger partial charge is 0.142 e. The van der Waals surface area contributed by atoms with Crippen molar-refractivity contribution in [1.29, 1.82) is 0 Å². The molecule has 1 radical (unpaired) electrons. The molecule has 0 amide bonds. The fourth-order valence-corrected chi connectivity index (χ4v) is 2.46. The van der Waals surface area contributed by atoms with E-state index in [9.17, 15) is 0 Å². The maximum Gasteiger partial charge on any atom is 0.142 e. The van der Waals surface area contributed by atoms with E-state index in [1.807, 2.05) is 13.0 Å². The Morgan fingerprint density at radius 1 is 1.26 bits per heavy atom. The Kier molecular flexibility index (Phi) is 4.86. The molecule has 0 saturated carbocycles. The standard InChI is InChI=1S/C16H23N2O/c1-4-6-14-7-8-15(16(13-14)19-3)18-11-9-17(5-2)10-12-18/h4,6-8,13H,2,5,9-12H2,1,3H3/b6-4+. The van der Waals surface area contributed by atoms with E-state index in [1.54, 1.807) is 7.11 Å². The highest BCUT2D eigenvalue weighted by atomic mass is 16.5. The maximum atomic E-state index is 5.54. The van der Waals surface area contributed by atoms with Crippen LogP contribution in [0.25, 0.3) is 6.08 Å². The van der Waals surface area contributed by atoms with E-state index in [0.29, 0.717) is 0 Å². The van der Waals surface area contributed by atoms with Crippen molar-refractivity contribution in [2.45, 2.75) is 6.92 Å². The van der Waals surface area contributed by atoms with Crippen molar-refractivity contribution in [3.63, 3.8) is 0 Å². The number of allylic oxidation sites excluding steroid dienone is 1. The fraction of sp³-hybridized carbons (Fsp3) is 0.438. The largest absolute Gasteiger partial charge is 0.495 e. The summed E-state index contributed by atoms with van der Waals surface area (Å²) in [5.41, 5.74) is 2.37. The molecule has 0 atom stereocenters. The Morgan fingerprint density at radius 3 is 2.58 bits per heavy atom. The van der Waals surface area contributed by atoms with Crippen LogP contribution in [0.4, 0.5) is 5.69 Å². The monoisotopic (exact) mass is 259 g/mol. The van der Waals surface area contributed by atoms with Gasteiger partial charge in [-0.3, -0.25) is 4.90 Å². The summed E-state index contributed by atoms with van der Waals surface area (Å²) in [6.45, 7) is 11.1. The molecule has 1 heterocycles. The number of rotatable bonds is 4. The molecule has 2 rings (SSSR count). The van der Waals surface area contributed by atoms with E-state index in [2.05, 4.69) is 41.0 Å². The van der Waals surface area contributed by atoms with Crippen molar-refractivity contribution in [3.8, 4) is 5.75 Å². The van der Waals surface area contributed by atoms with Crippen molar-refractivity contribution in [1.82, 2.24) is 4.90 Å². The van der Waals surface area contributed by atoms with E-state index in [-0.39, 0.29) is 0 Å². The third kappa shape index (κ3) is 3.29. The van der Waals surface area contributed by atoms with Crippen LogP contribution in [-0.2, 0) is 0 Å². The van der Waals surface area contributed by atoms with Crippen molar-refractivity contribution < 1.29 is 4.74 Å². The van der Waals surface area contributed by atoms with Gasteiger partial charge in [0.05, 0.1) is 12.8 Å². The molecular formula is C16H23N2O. The Morgan fingerprint density at radius 2 is 2.00 bits per heavy atom. The lowest BCUT2D eigenvalue weighted by Crippen LogP contribution is -2.46. The average Bonchev–Trinajstić information content (AvgIpc) is 2.47. The Hall–Kier alpha value is -1.48. The van der Waals surface area contributed by atoms with Gasteiger partial charge in [-0.05, 0) is 38.1 Å². The molecule has 1 fully saturated rings. The highest BCUT2D eigenvalue weighted by Gasteiger charge is 2.18. The van der Waals surface area contributed by atoms with Crippen LogP contribution in [0.5, 0.6) is 5.75 Å². The van der Waals surface area contributed by atoms with Gasteiger partial charge in [-0.1, -0.05) is 18.2 Å². The van der Waals surface area contributed by atoms with E-state index in [0.717, 1.165) is 38.5 Å². The number of hydrogen-bond donors (Lipinski definition) is 0. The number of benzene rings is 1. The Labute approximate surface area is 116 Å². The minimum absolute atomic E-state index is 0.894. The van der Waals surface area contributed by atoms with Gasteiger partial charge < -0.3 is 9.64 Å². The van der Waals surface area contributed by atoms with Crippen LogP contribution in [-0.4, -0.2) is 44.7 Å². The van der Waals surface area contributed by atoms with E-state index < -0.39 is 0 Å². The lowest BCUT2D eigenvalue weighted by Gasteiger charge is -2.36. The summed E-state index contributed by atoms with van der Waals surface area (Å²) in [6, 6.07) is 6.41. The second kappa shape index (κ2) is 6.62. The third-order valence-electron chi connectivity index (χ3n) is 3.59. The third-order valence-corrected chi connectivity index (χ3v) is 3.59. The van der Waals surface area contributed by atoms with E-state index in [4.69, 9.17) is 4.74 Å². The van der Waals surface area contributed by atoms with Crippen LogP contribution in [0.3, 0.4) is 0 Å². The molecule has 0 bridgehead atoms. The lowest BCUT2D eigenvalue weighted by molar-refractivity contribution is 0.282. The second-order valence-electron chi connectivity index (χ2n) is 4.76. The van der Waals surface area contributed by atoms with Gasteiger partial charge in [-0.15, -0.1) is 0 Å². The van der Waals surface area contributed by atoms with Gasteiger partial charge in [0, 0.05) is 26.2 Å². The number of nitrogens with zero attached hydrogens (tertiary/aromatic N) is 2. The molecule has 3 nitrogen and oxygen atoms in total. The van der Waals surface area contributed by atoms with Gasteiger partial charge in [0.2, 0.25) is 0 Å². The van der Waals surface area contributed by atoms with Gasteiger partial charge in [-0.25, -0.2) is 0 Å². The molecule has 103 valence electrons. The number of hydrogen-bond acceptors (Lipinski definition) is 3. The normalized spacial score (nSPS) is 17.1. The molecule has 1 aromatic rings. The van der Waals surface area contributed by atoms with Crippen molar-refractivity contribution in [3.05, 3.63) is 36.8 Å². The summed E-state index contributed by atoms with van der Waals surface area (Å²) >= 11 is 0. The molecule has 0 N–H and O–H groups in total. The zero-order chi connectivity index (χ0) is 13.7. The van der Waals surface area contributed by atoms with Gasteiger partial charge in [0.1, 0.15) is 5.75 Å². The van der Waals surface area contributed by atoms with E-state index in [1.165, 1.54) is 11.3 Å². The first-order chi connectivity index (χ1) is 9.28. The van der Waals surface area contributed by atoms with Crippen molar-refractivity contribution >= 4 is 11.8 Å². The minimum atomic E-state index is 0.894. The summed E-state index contributed by atoms with van der Waals surface area (Å²) in [5, 5.41) is 0. The Bertz CT molecular complexity index is 434. The first-order valence-electron chi connectivity index (χ1n) is 6.85. The molecule has 1 aliphatic heterocycles. The van der Waals surface area contributed by atoms with Crippen LogP contribution in [0.2, 0.25) is 0 Å². The summed E-state index contributed by atoms with van der Waals surface area (Å²) in [6.07, 6.45) is 4.13. The van der Waals surface area contributed by atoms with Crippen LogP contribution in [0.15, 0.2) is 24.3 Å². The lowest BCUT2D eigenvalue weighted by atomic mass is 10.1. The zero-order valence-electron chi connectivity index (χ0n) is 11.9.